The van der Waals surface area contributed by atoms with Crippen LogP contribution in [0.5, 0.6) is 5.75 Å². The molecule has 0 unspecified atom stereocenters. The van der Waals surface area contributed by atoms with Crippen molar-refractivity contribution in [2.45, 2.75) is 26.3 Å². The highest BCUT2D eigenvalue weighted by molar-refractivity contribution is 6.31. The van der Waals surface area contributed by atoms with Gasteiger partial charge >= 0.3 is 0 Å². The Kier molecular flexibility index (Phi) is 10.3. The Morgan fingerprint density at radius 2 is 2.00 bits per heavy atom. The number of rotatable bonds is 12. The maximum atomic E-state index is 6.24. The third-order valence-corrected chi connectivity index (χ3v) is 3.34. The van der Waals surface area contributed by atoms with E-state index in [0.29, 0.717) is 31.4 Å². The highest BCUT2D eigenvalue weighted by atomic mass is 35.5. The normalized spacial score (nSPS) is 10.8. The summed E-state index contributed by atoms with van der Waals surface area (Å²) in [5.74, 6) is 0.812. The molecule has 0 fully saturated rings. The van der Waals surface area contributed by atoms with Crippen LogP contribution < -0.4 is 10.1 Å². The number of ether oxygens (including phenoxy) is 3. The SMILES string of the molecule is CCCCOCCOc1cccc(Cl)c1CNCCOC. The zero-order valence-corrected chi connectivity index (χ0v) is 13.7. The lowest BCUT2D eigenvalue weighted by Crippen LogP contribution is -2.19. The lowest BCUT2D eigenvalue weighted by atomic mass is 10.2. The van der Waals surface area contributed by atoms with Gasteiger partial charge in [-0.1, -0.05) is 31.0 Å². The summed E-state index contributed by atoms with van der Waals surface area (Å²) in [7, 11) is 1.68. The van der Waals surface area contributed by atoms with Crippen molar-refractivity contribution in [2.24, 2.45) is 0 Å². The van der Waals surface area contributed by atoms with E-state index in [4.69, 9.17) is 25.8 Å². The molecule has 1 rings (SSSR count). The van der Waals surface area contributed by atoms with Crippen molar-refractivity contribution in [3.63, 3.8) is 0 Å². The molecule has 120 valence electrons. The van der Waals surface area contributed by atoms with E-state index in [1.807, 2.05) is 18.2 Å². The van der Waals surface area contributed by atoms with Crippen molar-refractivity contribution in [2.75, 3.05) is 40.1 Å². The minimum Gasteiger partial charge on any atom is -0.491 e. The minimum absolute atomic E-state index is 0.537. The molecule has 4 nitrogen and oxygen atoms in total. The topological polar surface area (TPSA) is 39.7 Å². The second kappa shape index (κ2) is 11.8. The van der Waals surface area contributed by atoms with Crippen LogP contribution in [0.1, 0.15) is 25.3 Å². The molecule has 0 saturated carbocycles. The van der Waals surface area contributed by atoms with E-state index < -0.39 is 0 Å². The average molecular weight is 316 g/mol. The average Bonchev–Trinajstić information content (AvgIpc) is 2.49. The molecule has 1 aromatic rings. The fourth-order valence-electron chi connectivity index (χ4n) is 1.79. The minimum atomic E-state index is 0.537. The number of hydrogen-bond donors (Lipinski definition) is 1. The maximum absolute atomic E-state index is 6.24. The maximum Gasteiger partial charge on any atom is 0.125 e. The van der Waals surface area contributed by atoms with Gasteiger partial charge in [0.2, 0.25) is 0 Å². The predicted molar refractivity (Wildman–Crippen MR) is 86.3 cm³/mol. The van der Waals surface area contributed by atoms with E-state index in [1.54, 1.807) is 7.11 Å². The van der Waals surface area contributed by atoms with Gasteiger partial charge in [0.25, 0.3) is 0 Å². The molecular weight excluding hydrogens is 290 g/mol. The van der Waals surface area contributed by atoms with E-state index in [1.165, 1.54) is 0 Å². The van der Waals surface area contributed by atoms with Crippen LogP contribution in [0.3, 0.4) is 0 Å². The smallest absolute Gasteiger partial charge is 0.125 e. The molecule has 1 aromatic carbocycles. The van der Waals surface area contributed by atoms with Gasteiger partial charge in [-0.05, 0) is 18.6 Å². The summed E-state index contributed by atoms with van der Waals surface area (Å²) in [6.07, 6.45) is 2.23. The Labute approximate surface area is 132 Å². The van der Waals surface area contributed by atoms with Crippen molar-refractivity contribution >= 4 is 11.6 Å². The van der Waals surface area contributed by atoms with Crippen molar-refractivity contribution < 1.29 is 14.2 Å². The Morgan fingerprint density at radius 3 is 2.76 bits per heavy atom. The molecule has 0 aliphatic heterocycles. The first-order valence-electron chi connectivity index (χ1n) is 7.47. The van der Waals surface area contributed by atoms with Gasteiger partial charge in [0.1, 0.15) is 12.4 Å². The van der Waals surface area contributed by atoms with Gasteiger partial charge in [-0.25, -0.2) is 0 Å². The summed E-state index contributed by atoms with van der Waals surface area (Å²) < 4.78 is 16.3. The first-order chi connectivity index (χ1) is 10.3. The predicted octanol–water partition coefficient (Wildman–Crippen LogP) is 3.27. The first-order valence-corrected chi connectivity index (χ1v) is 7.85. The largest absolute Gasteiger partial charge is 0.491 e. The van der Waals surface area contributed by atoms with Gasteiger partial charge in [-0.2, -0.15) is 0 Å². The molecule has 0 aromatic heterocycles. The summed E-state index contributed by atoms with van der Waals surface area (Å²) in [5, 5.41) is 3.99. The van der Waals surface area contributed by atoms with Gasteiger partial charge in [-0.3, -0.25) is 0 Å². The number of methoxy groups -OCH3 is 1. The fourth-order valence-corrected chi connectivity index (χ4v) is 2.02. The van der Waals surface area contributed by atoms with E-state index in [2.05, 4.69) is 12.2 Å². The number of unbranched alkanes of at least 4 members (excludes halogenated alkanes) is 1. The quantitative estimate of drug-likeness (QED) is 0.601. The van der Waals surface area contributed by atoms with Crippen LogP contribution in [0.15, 0.2) is 18.2 Å². The molecule has 0 atom stereocenters. The number of nitrogens with one attached hydrogen (secondary N) is 1. The molecular formula is C16H26ClNO3. The molecule has 0 amide bonds. The fraction of sp³-hybridized carbons (Fsp3) is 0.625. The monoisotopic (exact) mass is 315 g/mol. The van der Waals surface area contributed by atoms with E-state index in [9.17, 15) is 0 Å². The molecule has 0 bridgehead atoms. The number of benzene rings is 1. The van der Waals surface area contributed by atoms with Crippen LogP contribution in [0, 0.1) is 0 Å². The molecule has 5 heteroatoms. The highest BCUT2D eigenvalue weighted by Crippen LogP contribution is 2.26. The van der Waals surface area contributed by atoms with Gasteiger partial charge < -0.3 is 19.5 Å². The van der Waals surface area contributed by atoms with Gasteiger partial charge in [0, 0.05) is 37.4 Å². The van der Waals surface area contributed by atoms with Crippen LogP contribution >= 0.6 is 11.6 Å². The molecule has 0 radical (unpaired) electrons. The summed E-state index contributed by atoms with van der Waals surface area (Å²) in [5.41, 5.74) is 0.976. The lowest BCUT2D eigenvalue weighted by molar-refractivity contribution is 0.0977. The van der Waals surface area contributed by atoms with Crippen LogP contribution in [-0.2, 0) is 16.0 Å². The third kappa shape index (κ3) is 7.67. The van der Waals surface area contributed by atoms with Crippen LogP contribution in [0.25, 0.3) is 0 Å². The second-order valence-corrected chi connectivity index (χ2v) is 5.11. The van der Waals surface area contributed by atoms with Crippen molar-refractivity contribution in [3.8, 4) is 5.75 Å². The molecule has 1 N–H and O–H groups in total. The third-order valence-electron chi connectivity index (χ3n) is 2.99. The molecule has 0 saturated heterocycles. The van der Waals surface area contributed by atoms with Crippen molar-refractivity contribution in [1.82, 2.24) is 5.32 Å². The van der Waals surface area contributed by atoms with Crippen LogP contribution in [0.4, 0.5) is 0 Å². The summed E-state index contributed by atoms with van der Waals surface area (Å²) >= 11 is 6.24. The summed E-state index contributed by atoms with van der Waals surface area (Å²) in [4.78, 5) is 0. The summed E-state index contributed by atoms with van der Waals surface area (Å²) in [6.45, 7) is 6.19. The second-order valence-electron chi connectivity index (χ2n) is 4.70. The highest BCUT2D eigenvalue weighted by Gasteiger charge is 2.07. The van der Waals surface area contributed by atoms with Crippen LogP contribution in [0.2, 0.25) is 5.02 Å². The zero-order chi connectivity index (χ0) is 15.3. The van der Waals surface area contributed by atoms with E-state index >= 15 is 0 Å². The Morgan fingerprint density at radius 1 is 1.14 bits per heavy atom. The van der Waals surface area contributed by atoms with E-state index in [0.717, 1.165) is 37.3 Å². The summed E-state index contributed by atoms with van der Waals surface area (Å²) in [6, 6.07) is 5.71. The van der Waals surface area contributed by atoms with Gasteiger partial charge in [0.05, 0.1) is 13.2 Å². The standard InChI is InChI=1S/C16H26ClNO3/c1-3-4-9-20-11-12-21-16-7-5-6-15(17)14(16)13-18-8-10-19-2/h5-7,18H,3-4,8-13H2,1-2H3. The molecule has 0 spiro atoms. The number of hydrogen-bond acceptors (Lipinski definition) is 4. The van der Waals surface area contributed by atoms with Gasteiger partial charge in [0.15, 0.2) is 0 Å². The Bertz CT molecular complexity index is 388. The lowest BCUT2D eigenvalue weighted by Gasteiger charge is -2.14. The van der Waals surface area contributed by atoms with E-state index in [-0.39, 0.29) is 0 Å². The zero-order valence-electron chi connectivity index (χ0n) is 13.0. The molecule has 0 aliphatic carbocycles. The molecule has 21 heavy (non-hydrogen) atoms. The molecule has 0 aliphatic rings. The number of halogens is 1. The Hall–Kier alpha value is -0.810. The van der Waals surface area contributed by atoms with Crippen LogP contribution in [-0.4, -0.2) is 40.1 Å². The van der Waals surface area contributed by atoms with Crippen molar-refractivity contribution in [3.05, 3.63) is 28.8 Å². The first kappa shape index (κ1) is 18.2. The Balaban J connectivity index is 2.39. The van der Waals surface area contributed by atoms with Crippen molar-refractivity contribution in [1.29, 1.82) is 0 Å². The van der Waals surface area contributed by atoms with Gasteiger partial charge in [-0.15, -0.1) is 0 Å². The molecule has 0 heterocycles.